The van der Waals surface area contributed by atoms with E-state index in [2.05, 4.69) is 6.92 Å². The predicted molar refractivity (Wildman–Crippen MR) is 61.5 cm³/mol. The van der Waals surface area contributed by atoms with E-state index in [-0.39, 0.29) is 5.78 Å². The Morgan fingerprint density at radius 2 is 2.00 bits per heavy atom. The summed E-state index contributed by atoms with van der Waals surface area (Å²) in [7, 11) is 0. The van der Waals surface area contributed by atoms with E-state index in [4.69, 9.17) is 4.74 Å². The molecule has 0 N–H and O–H groups in total. The molecule has 15 heavy (non-hydrogen) atoms. The second kappa shape index (κ2) is 6.23. The fraction of sp³-hybridized carbons (Fsp3) is 0.462. The van der Waals surface area contributed by atoms with E-state index < -0.39 is 0 Å². The van der Waals surface area contributed by atoms with E-state index in [1.165, 1.54) is 0 Å². The lowest BCUT2D eigenvalue weighted by atomic mass is 10.1. The van der Waals surface area contributed by atoms with E-state index in [1.807, 2.05) is 31.2 Å². The third-order valence-corrected chi connectivity index (χ3v) is 2.26. The second-order valence-electron chi connectivity index (χ2n) is 3.47. The summed E-state index contributed by atoms with van der Waals surface area (Å²) in [5.74, 6) is 0.861. The molecule has 0 amide bonds. The Kier molecular flexibility index (Phi) is 4.88. The van der Waals surface area contributed by atoms with E-state index in [0.717, 1.165) is 18.6 Å². The van der Waals surface area contributed by atoms with Crippen molar-refractivity contribution in [2.75, 3.05) is 6.61 Å². The molecule has 0 aromatic heterocycles. The molecular formula is C13H18O2. The van der Waals surface area contributed by atoms with E-state index in [9.17, 15) is 4.79 Å². The first-order chi connectivity index (χ1) is 7.29. The van der Waals surface area contributed by atoms with Gasteiger partial charge >= 0.3 is 0 Å². The van der Waals surface area contributed by atoms with Gasteiger partial charge in [0.15, 0.2) is 5.78 Å². The summed E-state index contributed by atoms with van der Waals surface area (Å²) in [5, 5.41) is 0. The number of para-hydroxylation sites is 1. The second-order valence-corrected chi connectivity index (χ2v) is 3.47. The standard InChI is InChI=1S/C13H18O2/c1-3-5-10-15-13-9-7-6-8-11(13)12(14)4-2/h6-9H,3-5,10H2,1-2H3. The van der Waals surface area contributed by atoms with Crippen LogP contribution in [0.5, 0.6) is 5.75 Å². The number of hydrogen-bond acceptors (Lipinski definition) is 2. The lowest BCUT2D eigenvalue weighted by Gasteiger charge is -2.09. The highest BCUT2D eigenvalue weighted by molar-refractivity contribution is 5.98. The number of unbranched alkanes of at least 4 members (excludes halogenated alkanes) is 1. The lowest BCUT2D eigenvalue weighted by Crippen LogP contribution is -2.03. The van der Waals surface area contributed by atoms with Crippen molar-refractivity contribution in [2.45, 2.75) is 33.1 Å². The molecular weight excluding hydrogens is 188 g/mol. The first kappa shape index (κ1) is 11.8. The normalized spacial score (nSPS) is 10.0. The van der Waals surface area contributed by atoms with E-state index in [1.54, 1.807) is 0 Å². The molecule has 0 saturated heterocycles. The van der Waals surface area contributed by atoms with Crippen LogP contribution >= 0.6 is 0 Å². The molecule has 0 aliphatic carbocycles. The van der Waals surface area contributed by atoms with Crippen LogP contribution in [0.15, 0.2) is 24.3 Å². The molecule has 0 aliphatic rings. The summed E-state index contributed by atoms with van der Waals surface area (Å²) in [6.07, 6.45) is 2.65. The minimum atomic E-state index is 0.141. The molecule has 2 heteroatoms. The molecule has 0 radical (unpaired) electrons. The van der Waals surface area contributed by atoms with Crippen molar-refractivity contribution in [2.24, 2.45) is 0 Å². The number of Topliss-reactive ketones (excluding diaryl/α,β-unsaturated/α-hetero) is 1. The molecule has 2 nitrogen and oxygen atoms in total. The zero-order valence-electron chi connectivity index (χ0n) is 9.45. The van der Waals surface area contributed by atoms with Crippen LogP contribution in [0.2, 0.25) is 0 Å². The Morgan fingerprint density at radius 3 is 2.67 bits per heavy atom. The van der Waals surface area contributed by atoms with Crippen LogP contribution in [0.3, 0.4) is 0 Å². The number of carbonyl (C=O) groups is 1. The number of carbonyl (C=O) groups excluding carboxylic acids is 1. The van der Waals surface area contributed by atoms with Gasteiger partial charge in [-0.15, -0.1) is 0 Å². The summed E-state index contributed by atoms with van der Waals surface area (Å²) in [6.45, 7) is 4.67. The van der Waals surface area contributed by atoms with Gasteiger partial charge in [0.25, 0.3) is 0 Å². The highest BCUT2D eigenvalue weighted by Gasteiger charge is 2.09. The quantitative estimate of drug-likeness (QED) is 0.526. The summed E-state index contributed by atoms with van der Waals surface area (Å²) in [4.78, 5) is 11.6. The molecule has 0 atom stereocenters. The third-order valence-electron chi connectivity index (χ3n) is 2.26. The first-order valence-corrected chi connectivity index (χ1v) is 5.54. The Balaban J connectivity index is 2.73. The smallest absolute Gasteiger partial charge is 0.166 e. The fourth-order valence-electron chi connectivity index (χ4n) is 1.34. The first-order valence-electron chi connectivity index (χ1n) is 5.54. The zero-order chi connectivity index (χ0) is 11.1. The highest BCUT2D eigenvalue weighted by Crippen LogP contribution is 2.19. The average molecular weight is 206 g/mol. The maximum absolute atomic E-state index is 11.6. The van der Waals surface area contributed by atoms with Crippen LogP contribution in [0, 0.1) is 0 Å². The van der Waals surface area contributed by atoms with Gasteiger partial charge in [0.1, 0.15) is 5.75 Å². The van der Waals surface area contributed by atoms with Crippen LogP contribution in [0.1, 0.15) is 43.5 Å². The van der Waals surface area contributed by atoms with Gasteiger partial charge in [-0.2, -0.15) is 0 Å². The minimum Gasteiger partial charge on any atom is -0.493 e. The average Bonchev–Trinajstić information content (AvgIpc) is 2.29. The summed E-state index contributed by atoms with van der Waals surface area (Å²) in [6, 6.07) is 7.45. The Labute approximate surface area is 91.3 Å². The molecule has 0 unspecified atom stereocenters. The van der Waals surface area contributed by atoms with Crippen molar-refractivity contribution in [3.63, 3.8) is 0 Å². The molecule has 0 aliphatic heterocycles. The SMILES string of the molecule is CCCCOc1ccccc1C(=O)CC. The largest absolute Gasteiger partial charge is 0.493 e. The van der Waals surface area contributed by atoms with Gasteiger partial charge in [-0.3, -0.25) is 4.79 Å². The van der Waals surface area contributed by atoms with Crippen LogP contribution in [-0.2, 0) is 0 Å². The molecule has 0 saturated carbocycles. The molecule has 0 spiro atoms. The van der Waals surface area contributed by atoms with Crippen molar-refractivity contribution in [1.82, 2.24) is 0 Å². The molecule has 0 heterocycles. The molecule has 0 bridgehead atoms. The van der Waals surface area contributed by atoms with Gasteiger partial charge in [-0.25, -0.2) is 0 Å². The van der Waals surface area contributed by atoms with Crippen molar-refractivity contribution >= 4 is 5.78 Å². The molecule has 1 aromatic rings. The maximum atomic E-state index is 11.6. The van der Waals surface area contributed by atoms with Crippen LogP contribution < -0.4 is 4.74 Å². The maximum Gasteiger partial charge on any atom is 0.166 e. The minimum absolute atomic E-state index is 0.141. The Bertz CT molecular complexity index is 318. The number of ether oxygens (including phenoxy) is 1. The molecule has 82 valence electrons. The highest BCUT2D eigenvalue weighted by atomic mass is 16.5. The van der Waals surface area contributed by atoms with Gasteiger partial charge in [0.2, 0.25) is 0 Å². The van der Waals surface area contributed by atoms with Gasteiger partial charge in [-0.1, -0.05) is 32.4 Å². The summed E-state index contributed by atoms with van der Waals surface area (Å²) >= 11 is 0. The van der Waals surface area contributed by atoms with E-state index in [0.29, 0.717) is 18.6 Å². The molecule has 1 aromatic carbocycles. The predicted octanol–water partition coefficient (Wildman–Crippen LogP) is 3.46. The molecule has 1 rings (SSSR count). The number of ketones is 1. The number of benzene rings is 1. The fourth-order valence-corrected chi connectivity index (χ4v) is 1.34. The van der Waals surface area contributed by atoms with E-state index >= 15 is 0 Å². The van der Waals surface area contributed by atoms with Gasteiger partial charge in [-0.05, 0) is 18.6 Å². The monoisotopic (exact) mass is 206 g/mol. The van der Waals surface area contributed by atoms with Gasteiger partial charge in [0, 0.05) is 6.42 Å². The van der Waals surface area contributed by atoms with Gasteiger partial charge < -0.3 is 4.74 Å². The van der Waals surface area contributed by atoms with Crippen LogP contribution in [0.25, 0.3) is 0 Å². The summed E-state index contributed by atoms with van der Waals surface area (Å²) in [5.41, 5.74) is 0.705. The third kappa shape index (κ3) is 3.39. The topological polar surface area (TPSA) is 26.3 Å². The van der Waals surface area contributed by atoms with Crippen molar-refractivity contribution < 1.29 is 9.53 Å². The number of rotatable bonds is 6. The van der Waals surface area contributed by atoms with Gasteiger partial charge in [0.05, 0.1) is 12.2 Å². The Morgan fingerprint density at radius 1 is 1.27 bits per heavy atom. The van der Waals surface area contributed by atoms with Crippen molar-refractivity contribution in [3.05, 3.63) is 29.8 Å². The van der Waals surface area contributed by atoms with Crippen molar-refractivity contribution in [1.29, 1.82) is 0 Å². The van der Waals surface area contributed by atoms with Crippen LogP contribution in [-0.4, -0.2) is 12.4 Å². The lowest BCUT2D eigenvalue weighted by molar-refractivity contribution is 0.0984. The molecule has 0 fully saturated rings. The summed E-state index contributed by atoms with van der Waals surface area (Å²) < 4.78 is 5.58. The van der Waals surface area contributed by atoms with Crippen LogP contribution in [0.4, 0.5) is 0 Å². The Hall–Kier alpha value is -1.31. The zero-order valence-corrected chi connectivity index (χ0v) is 9.45. The number of hydrogen-bond donors (Lipinski definition) is 0. The van der Waals surface area contributed by atoms with Crippen molar-refractivity contribution in [3.8, 4) is 5.75 Å².